The number of carbonyl (C=O) groups is 2. The van der Waals surface area contributed by atoms with E-state index in [1.807, 2.05) is 12.3 Å². The molecule has 7 N–H and O–H groups in total. The number of urea groups is 1. The minimum absolute atomic E-state index is 0.673. The van der Waals surface area contributed by atoms with Gasteiger partial charge in [-0.2, -0.15) is 0 Å². The Morgan fingerprint density at radius 3 is 2.08 bits per heavy atom. The van der Waals surface area contributed by atoms with Crippen LogP contribution in [-0.4, -0.2) is 23.8 Å². The number of nitrogens with two attached hydrogens (primary N) is 2. The number of hydrogen-bond donors (Lipinski definition) is 5. The standard InChI is InChI=1S/C4H10N2O2.CH4N2O/c1-2-3-5-6-4(7)8;2-1(3)4/h5-6H,2-3H2,1H3,(H,7,8);(H4,2,3,4). The number of amides is 3. The van der Waals surface area contributed by atoms with Gasteiger partial charge in [0.25, 0.3) is 0 Å². The molecule has 0 heterocycles. The molecule has 0 aliphatic heterocycles. The van der Waals surface area contributed by atoms with Crippen LogP contribution in [0.5, 0.6) is 0 Å². The molecular formula is C5H14N4O3. The van der Waals surface area contributed by atoms with Gasteiger partial charge in [-0.25, -0.2) is 15.0 Å². The van der Waals surface area contributed by atoms with Gasteiger partial charge in [0.2, 0.25) is 0 Å². The average Bonchev–Trinajstić information content (AvgIpc) is 1.86. The third-order valence-corrected chi connectivity index (χ3v) is 0.570. The molecule has 72 valence electrons. The maximum Gasteiger partial charge on any atom is 0.419 e. The molecule has 0 rings (SSSR count). The van der Waals surface area contributed by atoms with Gasteiger partial charge in [-0.15, -0.1) is 0 Å². The molecule has 0 spiro atoms. The molecule has 0 unspecified atom stereocenters. The maximum atomic E-state index is 9.70. The molecule has 0 bridgehead atoms. The van der Waals surface area contributed by atoms with Crippen LogP contribution in [0.15, 0.2) is 0 Å². The Labute approximate surface area is 70.1 Å². The first-order chi connectivity index (χ1) is 5.50. The molecule has 0 aromatic heterocycles. The molecule has 0 fully saturated rings. The van der Waals surface area contributed by atoms with Crippen LogP contribution in [0.4, 0.5) is 9.59 Å². The van der Waals surface area contributed by atoms with E-state index in [4.69, 9.17) is 9.90 Å². The summed E-state index contributed by atoms with van der Waals surface area (Å²) >= 11 is 0. The predicted octanol–water partition coefficient (Wildman–Crippen LogP) is -0.808. The highest BCUT2D eigenvalue weighted by Gasteiger charge is 1.87. The molecule has 0 saturated carbocycles. The SMILES string of the molecule is CCCNNC(=O)O.NC(N)=O. The van der Waals surface area contributed by atoms with Crippen molar-refractivity contribution in [3.63, 3.8) is 0 Å². The minimum Gasteiger partial charge on any atom is -0.464 e. The van der Waals surface area contributed by atoms with Crippen LogP contribution in [0, 0.1) is 0 Å². The van der Waals surface area contributed by atoms with Gasteiger partial charge in [-0.3, -0.25) is 5.43 Å². The van der Waals surface area contributed by atoms with Crippen LogP contribution in [0.3, 0.4) is 0 Å². The Morgan fingerprint density at radius 1 is 1.42 bits per heavy atom. The number of carbonyl (C=O) groups excluding carboxylic acids is 1. The lowest BCUT2D eigenvalue weighted by Crippen LogP contribution is -2.36. The molecular weight excluding hydrogens is 164 g/mol. The highest BCUT2D eigenvalue weighted by molar-refractivity contribution is 5.69. The maximum absolute atomic E-state index is 9.70. The molecule has 3 amide bonds. The lowest BCUT2D eigenvalue weighted by molar-refractivity contribution is 0.189. The summed E-state index contributed by atoms with van der Waals surface area (Å²) in [4.78, 5) is 18.7. The first-order valence-corrected chi connectivity index (χ1v) is 3.27. The van der Waals surface area contributed by atoms with E-state index in [1.54, 1.807) is 0 Å². The molecule has 0 aliphatic carbocycles. The second-order valence-electron chi connectivity index (χ2n) is 1.76. The highest BCUT2D eigenvalue weighted by Crippen LogP contribution is 1.64. The predicted molar refractivity (Wildman–Crippen MR) is 43.2 cm³/mol. The van der Waals surface area contributed by atoms with Gasteiger partial charge < -0.3 is 16.6 Å². The van der Waals surface area contributed by atoms with E-state index in [9.17, 15) is 4.79 Å². The van der Waals surface area contributed by atoms with Crippen LogP contribution in [0.25, 0.3) is 0 Å². The minimum atomic E-state index is -1.04. The quantitative estimate of drug-likeness (QED) is 0.286. The van der Waals surface area contributed by atoms with E-state index in [0.717, 1.165) is 6.42 Å². The van der Waals surface area contributed by atoms with Gasteiger partial charge >= 0.3 is 12.1 Å². The smallest absolute Gasteiger partial charge is 0.419 e. The Bertz CT molecular complexity index is 135. The van der Waals surface area contributed by atoms with Gasteiger partial charge in [0.1, 0.15) is 0 Å². The number of hydrogen-bond acceptors (Lipinski definition) is 3. The molecule has 0 atom stereocenters. The zero-order chi connectivity index (χ0) is 9.98. The second-order valence-corrected chi connectivity index (χ2v) is 1.76. The van der Waals surface area contributed by atoms with Crippen LogP contribution in [-0.2, 0) is 0 Å². The first kappa shape index (κ1) is 13.1. The van der Waals surface area contributed by atoms with Crippen LogP contribution in [0.2, 0.25) is 0 Å². The number of rotatable bonds is 3. The van der Waals surface area contributed by atoms with E-state index in [2.05, 4.69) is 16.9 Å². The molecule has 0 aromatic rings. The summed E-state index contributed by atoms with van der Waals surface area (Å²) in [5.41, 5.74) is 13.0. The van der Waals surface area contributed by atoms with Crippen molar-refractivity contribution >= 4 is 12.1 Å². The Kier molecular flexibility index (Phi) is 10.4. The summed E-state index contributed by atoms with van der Waals surface area (Å²) in [6, 6.07) is -0.833. The largest absolute Gasteiger partial charge is 0.464 e. The Balaban J connectivity index is 0. The number of carboxylic acid groups (broad SMARTS) is 1. The number of primary amides is 2. The third kappa shape index (κ3) is 39.0. The van der Waals surface area contributed by atoms with Gasteiger partial charge in [-0.1, -0.05) is 6.92 Å². The summed E-state index contributed by atoms with van der Waals surface area (Å²) in [5.74, 6) is 0. The summed E-state index contributed by atoms with van der Waals surface area (Å²) in [7, 11) is 0. The lowest BCUT2D eigenvalue weighted by Gasteiger charge is -1.98. The number of nitrogens with one attached hydrogen (secondary N) is 2. The van der Waals surface area contributed by atoms with E-state index in [0.29, 0.717) is 6.54 Å². The van der Waals surface area contributed by atoms with E-state index in [-0.39, 0.29) is 0 Å². The summed E-state index contributed by atoms with van der Waals surface area (Å²) in [6.07, 6.45) is -0.126. The van der Waals surface area contributed by atoms with Crippen molar-refractivity contribution < 1.29 is 14.7 Å². The fourth-order valence-corrected chi connectivity index (χ4v) is 0.263. The van der Waals surface area contributed by atoms with Crippen molar-refractivity contribution in [1.29, 1.82) is 0 Å². The third-order valence-electron chi connectivity index (χ3n) is 0.570. The Hall–Kier alpha value is -1.50. The highest BCUT2D eigenvalue weighted by atomic mass is 16.4. The van der Waals surface area contributed by atoms with Crippen molar-refractivity contribution in [3.8, 4) is 0 Å². The molecule has 12 heavy (non-hydrogen) atoms. The Morgan fingerprint density at radius 2 is 1.83 bits per heavy atom. The van der Waals surface area contributed by atoms with Crippen molar-refractivity contribution in [2.24, 2.45) is 11.5 Å². The van der Waals surface area contributed by atoms with Crippen LogP contribution >= 0.6 is 0 Å². The average molecular weight is 178 g/mol. The summed E-state index contributed by atoms with van der Waals surface area (Å²) < 4.78 is 0. The van der Waals surface area contributed by atoms with Crippen molar-refractivity contribution in [3.05, 3.63) is 0 Å². The van der Waals surface area contributed by atoms with E-state index < -0.39 is 12.1 Å². The normalized spacial score (nSPS) is 7.75. The molecule has 0 aliphatic rings. The van der Waals surface area contributed by atoms with Gasteiger partial charge in [0.05, 0.1) is 0 Å². The zero-order valence-corrected chi connectivity index (χ0v) is 6.83. The van der Waals surface area contributed by atoms with Gasteiger partial charge in [0, 0.05) is 6.54 Å². The number of hydrazine groups is 1. The van der Waals surface area contributed by atoms with Crippen molar-refractivity contribution in [1.82, 2.24) is 10.9 Å². The van der Waals surface area contributed by atoms with E-state index in [1.165, 1.54) is 0 Å². The first-order valence-electron chi connectivity index (χ1n) is 3.27. The summed E-state index contributed by atoms with van der Waals surface area (Å²) in [6.45, 7) is 2.63. The van der Waals surface area contributed by atoms with Crippen LogP contribution in [0.1, 0.15) is 13.3 Å². The summed E-state index contributed by atoms with van der Waals surface area (Å²) in [5, 5.41) is 7.97. The molecule has 7 heteroatoms. The lowest BCUT2D eigenvalue weighted by atomic mass is 10.5. The van der Waals surface area contributed by atoms with Crippen molar-refractivity contribution in [2.75, 3.05) is 6.54 Å². The van der Waals surface area contributed by atoms with Crippen LogP contribution < -0.4 is 22.3 Å². The molecule has 7 nitrogen and oxygen atoms in total. The monoisotopic (exact) mass is 178 g/mol. The second kappa shape index (κ2) is 9.50. The molecule has 0 aromatic carbocycles. The molecule has 0 saturated heterocycles. The fourth-order valence-electron chi connectivity index (χ4n) is 0.263. The fraction of sp³-hybridized carbons (Fsp3) is 0.600. The van der Waals surface area contributed by atoms with Crippen molar-refractivity contribution in [2.45, 2.75) is 13.3 Å². The van der Waals surface area contributed by atoms with E-state index >= 15 is 0 Å². The van der Waals surface area contributed by atoms with Gasteiger partial charge in [-0.05, 0) is 6.42 Å². The topological polar surface area (TPSA) is 130 Å². The van der Waals surface area contributed by atoms with Gasteiger partial charge in [0.15, 0.2) is 0 Å². The zero-order valence-electron chi connectivity index (χ0n) is 6.83. The molecule has 0 radical (unpaired) electrons.